The highest BCUT2D eigenvalue weighted by atomic mass is 16.2. The van der Waals surface area contributed by atoms with Gasteiger partial charge in [-0.2, -0.15) is 0 Å². The van der Waals surface area contributed by atoms with Gasteiger partial charge in [-0.15, -0.1) is 0 Å². The summed E-state index contributed by atoms with van der Waals surface area (Å²) >= 11 is 0. The minimum Gasteiger partial charge on any atom is -0.405 e. The van der Waals surface area contributed by atoms with Crippen molar-refractivity contribution in [3.05, 3.63) is 42.1 Å². The lowest BCUT2D eigenvalue weighted by molar-refractivity contribution is -0.117. The Labute approximate surface area is 112 Å². The molecule has 1 heterocycles. The topological polar surface area (TPSA) is 91.0 Å². The largest absolute Gasteiger partial charge is 0.405 e. The summed E-state index contributed by atoms with van der Waals surface area (Å²) in [4.78, 5) is 11.9. The van der Waals surface area contributed by atoms with Gasteiger partial charge in [0.2, 0.25) is 5.91 Å². The Hall–Kier alpha value is -2.14. The van der Waals surface area contributed by atoms with E-state index in [2.05, 4.69) is 10.6 Å². The number of nitrogens with two attached hydrogens (primary N) is 1. The summed E-state index contributed by atoms with van der Waals surface area (Å²) < 4.78 is 0. The lowest BCUT2D eigenvalue weighted by Gasteiger charge is -2.11. The Balaban J connectivity index is 1.98. The average Bonchev–Trinajstić information content (AvgIpc) is 2.94. The molecular formula is C14H18N4O. The monoisotopic (exact) mass is 258 g/mol. The van der Waals surface area contributed by atoms with Crippen molar-refractivity contribution in [3.63, 3.8) is 0 Å². The van der Waals surface area contributed by atoms with Crippen LogP contribution < -0.4 is 16.4 Å². The first-order chi connectivity index (χ1) is 9.20. The fourth-order valence-corrected chi connectivity index (χ4v) is 2.06. The summed E-state index contributed by atoms with van der Waals surface area (Å²) in [5.74, 6) is 0.00202. The van der Waals surface area contributed by atoms with E-state index in [0.29, 0.717) is 5.71 Å². The fraction of sp³-hybridized carbons (Fsp3) is 0.286. The van der Waals surface area contributed by atoms with Crippen LogP contribution in [0.2, 0.25) is 0 Å². The maximum Gasteiger partial charge on any atom is 0.241 e. The van der Waals surface area contributed by atoms with E-state index in [0.717, 1.165) is 30.6 Å². The molecule has 1 atom stereocenters. The van der Waals surface area contributed by atoms with Gasteiger partial charge in [-0.3, -0.25) is 4.79 Å². The molecule has 5 N–H and O–H groups in total. The van der Waals surface area contributed by atoms with E-state index in [-0.39, 0.29) is 11.9 Å². The van der Waals surface area contributed by atoms with Crippen molar-refractivity contribution in [2.45, 2.75) is 18.9 Å². The van der Waals surface area contributed by atoms with E-state index in [4.69, 9.17) is 11.1 Å². The second kappa shape index (κ2) is 6.15. The summed E-state index contributed by atoms with van der Waals surface area (Å²) in [6, 6.07) is 7.08. The van der Waals surface area contributed by atoms with Gasteiger partial charge >= 0.3 is 0 Å². The van der Waals surface area contributed by atoms with Gasteiger partial charge in [0.1, 0.15) is 0 Å². The Morgan fingerprint density at radius 1 is 1.42 bits per heavy atom. The number of allylic oxidation sites excluding steroid dienone is 1. The quantitative estimate of drug-likeness (QED) is 0.612. The normalized spacial score (nSPS) is 18.6. The zero-order valence-corrected chi connectivity index (χ0v) is 10.6. The van der Waals surface area contributed by atoms with Crippen LogP contribution in [-0.2, 0) is 4.79 Å². The number of carbonyl (C=O) groups is 1. The van der Waals surface area contributed by atoms with Crippen molar-refractivity contribution in [1.82, 2.24) is 5.32 Å². The zero-order valence-electron chi connectivity index (χ0n) is 10.6. The molecule has 1 aromatic rings. The van der Waals surface area contributed by atoms with Crippen LogP contribution >= 0.6 is 0 Å². The third-order valence-corrected chi connectivity index (χ3v) is 3.10. The lowest BCUT2D eigenvalue weighted by Crippen LogP contribution is -2.35. The van der Waals surface area contributed by atoms with Crippen molar-refractivity contribution >= 4 is 17.3 Å². The predicted octanol–water partition coefficient (Wildman–Crippen LogP) is 1.22. The van der Waals surface area contributed by atoms with Crippen LogP contribution in [0.3, 0.4) is 0 Å². The molecule has 1 aromatic carbocycles. The second-order valence-corrected chi connectivity index (χ2v) is 4.49. The van der Waals surface area contributed by atoms with Crippen molar-refractivity contribution in [3.8, 4) is 0 Å². The van der Waals surface area contributed by atoms with Crippen LogP contribution in [0.25, 0.3) is 0 Å². The van der Waals surface area contributed by atoms with E-state index in [9.17, 15) is 4.79 Å². The number of nitrogens with one attached hydrogen (secondary N) is 3. The second-order valence-electron chi connectivity index (χ2n) is 4.49. The number of hydrogen-bond acceptors (Lipinski definition) is 4. The molecule has 0 spiro atoms. The SMILES string of the molecule is N=C(C=CN)c1ccc(NC(=O)[C@H]2CCCN2)cc1. The zero-order chi connectivity index (χ0) is 13.7. The van der Waals surface area contributed by atoms with Crippen LogP contribution in [0.1, 0.15) is 18.4 Å². The molecule has 5 nitrogen and oxygen atoms in total. The molecular weight excluding hydrogens is 240 g/mol. The summed E-state index contributed by atoms with van der Waals surface area (Å²) in [5, 5.41) is 13.7. The fourth-order valence-electron chi connectivity index (χ4n) is 2.06. The standard InChI is InChI=1S/C14H18N4O/c15-8-7-12(16)10-3-5-11(6-4-10)18-14(19)13-2-1-9-17-13/h3-8,13,16-17H,1-2,9,15H2,(H,18,19)/t13-/m1/s1. The van der Waals surface area contributed by atoms with E-state index >= 15 is 0 Å². The molecule has 2 rings (SSSR count). The van der Waals surface area contributed by atoms with Gasteiger partial charge in [-0.05, 0) is 49.4 Å². The maximum absolute atomic E-state index is 11.9. The molecule has 0 bridgehead atoms. The van der Waals surface area contributed by atoms with Gasteiger partial charge in [0.05, 0.1) is 11.8 Å². The van der Waals surface area contributed by atoms with Crippen LogP contribution in [-0.4, -0.2) is 24.2 Å². The highest BCUT2D eigenvalue weighted by Crippen LogP contribution is 2.13. The smallest absolute Gasteiger partial charge is 0.241 e. The average molecular weight is 258 g/mol. The van der Waals surface area contributed by atoms with Gasteiger partial charge in [-0.25, -0.2) is 0 Å². The minimum absolute atomic E-state index is 0.00202. The molecule has 0 saturated carbocycles. The van der Waals surface area contributed by atoms with Crippen molar-refractivity contribution in [2.24, 2.45) is 5.73 Å². The molecule has 1 amide bonds. The molecule has 1 aliphatic heterocycles. The van der Waals surface area contributed by atoms with E-state index in [1.165, 1.54) is 12.3 Å². The molecule has 5 heteroatoms. The molecule has 1 saturated heterocycles. The molecule has 0 unspecified atom stereocenters. The Kier molecular flexibility index (Phi) is 4.30. The van der Waals surface area contributed by atoms with Crippen molar-refractivity contribution in [1.29, 1.82) is 5.41 Å². The Bertz CT molecular complexity index is 487. The summed E-state index contributed by atoms with van der Waals surface area (Å²) in [5.41, 5.74) is 7.10. The van der Waals surface area contributed by atoms with E-state index in [1.54, 1.807) is 24.3 Å². The number of hydrogen-bond donors (Lipinski definition) is 4. The number of benzene rings is 1. The predicted molar refractivity (Wildman–Crippen MR) is 76.3 cm³/mol. The third kappa shape index (κ3) is 3.42. The maximum atomic E-state index is 11.9. The van der Waals surface area contributed by atoms with Crippen LogP contribution in [0.15, 0.2) is 36.5 Å². The first-order valence-electron chi connectivity index (χ1n) is 6.32. The van der Waals surface area contributed by atoms with Crippen molar-refractivity contribution < 1.29 is 4.79 Å². The molecule has 0 aromatic heterocycles. The van der Waals surface area contributed by atoms with Gasteiger partial charge in [0.15, 0.2) is 0 Å². The van der Waals surface area contributed by atoms with E-state index in [1.807, 2.05) is 0 Å². The minimum atomic E-state index is -0.0850. The third-order valence-electron chi connectivity index (χ3n) is 3.10. The highest BCUT2D eigenvalue weighted by Gasteiger charge is 2.21. The van der Waals surface area contributed by atoms with Gasteiger partial charge < -0.3 is 21.8 Å². The first-order valence-corrected chi connectivity index (χ1v) is 6.32. The lowest BCUT2D eigenvalue weighted by atomic mass is 10.1. The molecule has 0 aliphatic carbocycles. The summed E-state index contributed by atoms with van der Waals surface area (Å²) in [6.45, 7) is 0.902. The molecule has 1 fully saturated rings. The van der Waals surface area contributed by atoms with Crippen LogP contribution in [0.4, 0.5) is 5.69 Å². The number of carbonyl (C=O) groups excluding carboxylic acids is 1. The molecule has 100 valence electrons. The Morgan fingerprint density at radius 2 is 2.16 bits per heavy atom. The highest BCUT2D eigenvalue weighted by molar-refractivity contribution is 6.06. The van der Waals surface area contributed by atoms with Gasteiger partial charge in [-0.1, -0.05) is 12.1 Å². The summed E-state index contributed by atoms with van der Waals surface area (Å²) in [6.07, 6.45) is 4.79. The summed E-state index contributed by atoms with van der Waals surface area (Å²) in [7, 11) is 0. The number of anilines is 1. The van der Waals surface area contributed by atoms with Gasteiger partial charge in [0.25, 0.3) is 0 Å². The van der Waals surface area contributed by atoms with E-state index < -0.39 is 0 Å². The van der Waals surface area contributed by atoms with Crippen molar-refractivity contribution in [2.75, 3.05) is 11.9 Å². The molecule has 19 heavy (non-hydrogen) atoms. The van der Waals surface area contributed by atoms with Gasteiger partial charge in [0, 0.05) is 5.69 Å². The first kappa shape index (κ1) is 13.3. The van der Waals surface area contributed by atoms with Crippen LogP contribution in [0.5, 0.6) is 0 Å². The number of amides is 1. The Morgan fingerprint density at radius 3 is 2.74 bits per heavy atom. The molecule has 0 radical (unpaired) electrons. The van der Waals surface area contributed by atoms with Crippen LogP contribution in [0, 0.1) is 5.41 Å². The molecule has 1 aliphatic rings. The number of rotatable bonds is 4.